The Morgan fingerprint density at radius 3 is 2.77 bits per heavy atom. The second-order valence-electron chi connectivity index (χ2n) is 7.43. The molecule has 2 aromatic heterocycles. The van der Waals surface area contributed by atoms with E-state index in [1.165, 1.54) is 6.33 Å². The lowest BCUT2D eigenvalue weighted by Gasteiger charge is -2.39. The van der Waals surface area contributed by atoms with Gasteiger partial charge in [-0.1, -0.05) is 30.3 Å². The van der Waals surface area contributed by atoms with Gasteiger partial charge in [0.05, 0.1) is 17.7 Å². The molecule has 1 aliphatic heterocycles. The molecule has 1 saturated heterocycles. The fourth-order valence-electron chi connectivity index (χ4n) is 3.98. The molecule has 1 aromatic carbocycles. The standard InChI is InChI=1S/C21H21F3N4O2/c22-21(23,24)17-7-9-28(20-16-6-8-25-19(16)26-13-27-20)11-15(17)10-18(29)30-12-14-4-2-1-3-5-14/h1-6,8,13,15,17H,7,9-12H2,(H,25,26,27)/t15-,17-/m0/s1. The number of aromatic nitrogens is 3. The van der Waals surface area contributed by atoms with Crippen molar-refractivity contribution in [3.8, 4) is 0 Å². The molecule has 4 rings (SSSR count). The number of hydrogen-bond donors (Lipinski definition) is 1. The number of aromatic amines is 1. The quantitative estimate of drug-likeness (QED) is 0.632. The molecule has 0 radical (unpaired) electrons. The highest BCUT2D eigenvalue weighted by Crippen LogP contribution is 2.41. The van der Waals surface area contributed by atoms with Crippen molar-refractivity contribution in [3.63, 3.8) is 0 Å². The van der Waals surface area contributed by atoms with Crippen molar-refractivity contribution in [1.82, 2.24) is 15.0 Å². The Bertz CT molecular complexity index is 1010. The number of piperidine rings is 1. The summed E-state index contributed by atoms with van der Waals surface area (Å²) in [4.78, 5) is 25.5. The van der Waals surface area contributed by atoms with Crippen LogP contribution in [0.3, 0.4) is 0 Å². The smallest absolute Gasteiger partial charge is 0.392 e. The number of alkyl halides is 3. The molecule has 0 saturated carbocycles. The zero-order chi connectivity index (χ0) is 21.1. The number of esters is 1. The first kappa shape index (κ1) is 20.2. The summed E-state index contributed by atoms with van der Waals surface area (Å²) in [6.45, 7) is 0.321. The van der Waals surface area contributed by atoms with Crippen LogP contribution >= 0.6 is 0 Å². The highest BCUT2D eigenvalue weighted by molar-refractivity contribution is 5.87. The first-order valence-corrected chi connectivity index (χ1v) is 9.71. The van der Waals surface area contributed by atoms with Crippen molar-refractivity contribution in [2.45, 2.75) is 25.6 Å². The zero-order valence-corrected chi connectivity index (χ0v) is 16.1. The van der Waals surface area contributed by atoms with Crippen molar-refractivity contribution >= 4 is 22.8 Å². The molecule has 0 amide bonds. The summed E-state index contributed by atoms with van der Waals surface area (Å²) in [5.41, 5.74) is 1.41. The second kappa shape index (κ2) is 8.33. The van der Waals surface area contributed by atoms with E-state index in [4.69, 9.17) is 4.74 Å². The van der Waals surface area contributed by atoms with Gasteiger partial charge in [-0.25, -0.2) is 9.97 Å². The largest absolute Gasteiger partial charge is 0.461 e. The molecule has 6 nitrogen and oxygen atoms in total. The average Bonchev–Trinajstić information content (AvgIpc) is 3.21. The Morgan fingerprint density at radius 2 is 2.00 bits per heavy atom. The van der Waals surface area contributed by atoms with E-state index in [9.17, 15) is 18.0 Å². The third-order valence-corrected chi connectivity index (χ3v) is 5.46. The molecule has 30 heavy (non-hydrogen) atoms. The molecule has 0 unspecified atom stereocenters. The van der Waals surface area contributed by atoms with Crippen LogP contribution < -0.4 is 4.90 Å². The predicted octanol–water partition coefficient (Wildman–Crippen LogP) is 4.10. The summed E-state index contributed by atoms with van der Waals surface area (Å²) in [5, 5.41) is 0.744. The highest BCUT2D eigenvalue weighted by atomic mass is 19.4. The number of halogens is 3. The van der Waals surface area contributed by atoms with Gasteiger partial charge in [0.1, 0.15) is 24.4 Å². The third kappa shape index (κ3) is 4.39. The lowest BCUT2D eigenvalue weighted by Crippen LogP contribution is -2.47. The van der Waals surface area contributed by atoms with Gasteiger partial charge < -0.3 is 14.6 Å². The minimum atomic E-state index is -4.37. The third-order valence-electron chi connectivity index (χ3n) is 5.46. The lowest BCUT2D eigenvalue weighted by molar-refractivity contribution is -0.194. The van der Waals surface area contributed by atoms with E-state index in [2.05, 4.69) is 15.0 Å². The van der Waals surface area contributed by atoms with Gasteiger partial charge in [0, 0.05) is 19.3 Å². The van der Waals surface area contributed by atoms with Gasteiger partial charge in [-0.15, -0.1) is 0 Å². The van der Waals surface area contributed by atoms with Crippen LogP contribution in [0.25, 0.3) is 11.0 Å². The maximum Gasteiger partial charge on any atom is 0.392 e. The number of nitrogens with one attached hydrogen (secondary N) is 1. The first-order valence-electron chi connectivity index (χ1n) is 9.71. The molecule has 0 spiro atoms. The van der Waals surface area contributed by atoms with Crippen molar-refractivity contribution in [2.75, 3.05) is 18.0 Å². The van der Waals surface area contributed by atoms with E-state index >= 15 is 0 Å². The lowest BCUT2D eigenvalue weighted by atomic mass is 9.82. The molecule has 3 heterocycles. The van der Waals surface area contributed by atoms with Gasteiger partial charge >= 0.3 is 12.1 Å². The summed E-state index contributed by atoms with van der Waals surface area (Å²) in [5.74, 6) is -2.52. The highest BCUT2D eigenvalue weighted by Gasteiger charge is 2.48. The molecule has 0 aliphatic carbocycles. The van der Waals surface area contributed by atoms with E-state index in [0.29, 0.717) is 11.5 Å². The van der Waals surface area contributed by atoms with Gasteiger partial charge in [0.25, 0.3) is 0 Å². The number of hydrogen-bond acceptors (Lipinski definition) is 5. The summed E-state index contributed by atoms with van der Waals surface area (Å²) in [6.07, 6.45) is -1.67. The Labute approximate surface area is 171 Å². The number of H-pyrrole nitrogens is 1. The Balaban J connectivity index is 1.48. The minimum Gasteiger partial charge on any atom is -0.461 e. The van der Waals surface area contributed by atoms with Crippen LogP contribution in [0.5, 0.6) is 0 Å². The molecule has 1 N–H and O–H groups in total. The molecule has 3 aromatic rings. The van der Waals surface area contributed by atoms with E-state index < -0.39 is 24.0 Å². The molecule has 2 atom stereocenters. The summed E-state index contributed by atoms with van der Waals surface area (Å²) in [7, 11) is 0. The van der Waals surface area contributed by atoms with Crippen LogP contribution in [0, 0.1) is 11.8 Å². The number of fused-ring (bicyclic) bond motifs is 1. The molecule has 158 valence electrons. The first-order chi connectivity index (χ1) is 14.4. The van der Waals surface area contributed by atoms with Crippen LogP contribution in [0.15, 0.2) is 48.9 Å². The second-order valence-corrected chi connectivity index (χ2v) is 7.43. The van der Waals surface area contributed by atoms with Crippen LogP contribution in [0.2, 0.25) is 0 Å². The molecule has 1 fully saturated rings. The van der Waals surface area contributed by atoms with Crippen molar-refractivity contribution < 1.29 is 22.7 Å². The molecular weight excluding hydrogens is 397 g/mol. The Kier molecular flexibility index (Phi) is 5.61. The molecular formula is C21H21F3N4O2. The van der Waals surface area contributed by atoms with Crippen LogP contribution in [-0.2, 0) is 16.1 Å². The number of nitrogens with zero attached hydrogens (tertiary/aromatic N) is 3. The monoisotopic (exact) mass is 418 g/mol. The summed E-state index contributed by atoms with van der Waals surface area (Å²) in [6, 6.07) is 10.8. The topological polar surface area (TPSA) is 71.1 Å². The van der Waals surface area contributed by atoms with Crippen LogP contribution in [0.4, 0.5) is 19.0 Å². The SMILES string of the molecule is O=C(C[C@H]1CN(c2ncnc3[nH]ccc23)CC[C@@H]1C(F)(F)F)OCc1ccccc1. The Morgan fingerprint density at radius 1 is 1.20 bits per heavy atom. The number of carbonyl (C=O) groups excluding carboxylic acids is 1. The van der Waals surface area contributed by atoms with Gasteiger partial charge in [0.2, 0.25) is 0 Å². The van der Waals surface area contributed by atoms with E-state index in [0.717, 1.165) is 10.9 Å². The fraction of sp³-hybridized carbons (Fsp3) is 0.381. The van der Waals surface area contributed by atoms with Gasteiger partial charge in [-0.05, 0) is 24.0 Å². The van der Waals surface area contributed by atoms with Crippen molar-refractivity contribution in [3.05, 3.63) is 54.5 Å². The van der Waals surface area contributed by atoms with E-state index in [1.807, 2.05) is 18.2 Å². The van der Waals surface area contributed by atoms with Crippen molar-refractivity contribution in [2.24, 2.45) is 11.8 Å². The summed E-state index contributed by atoms with van der Waals surface area (Å²) < 4.78 is 46.1. The van der Waals surface area contributed by atoms with Gasteiger partial charge in [-0.3, -0.25) is 4.79 Å². The number of benzene rings is 1. The Hall–Kier alpha value is -3.10. The molecule has 1 aliphatic rings. The fourth-order valence-corrected chi connectivity index (χ4v) is 3.98. The van der Waals surface area contributed by atoms with Crippen LogP contribution in [0.1, 0.15) is 18.4 Å². The average molecular weight is 418 g/mol. The maximum absolute atomic E-state index is 13.6. The number of rotatable bonds is 5. The zero-order valence-electron chi connectivity index (χ0n) is 16.1. The number of carbonyl (C=O) groups is 1. The molecule has 0 bridgehead atoms. The number of anilines is 1. The molecule has 9 heteroatoms. The van der Waals surface area contributed by atoms with Gasteiger partial charge in [0.15, 0.2) is 0 Å². The van der Waals surface area contributed by atoms with E-state index in [1.54, 1.807) is 29.3 Å². The maximum atomic E-state index is 13.6. The van der Waals surface area contributed by atoms with Gasteiger partial charge in [-0.2, -0.15) is 13.2 Å². The minimum absolute atomic E-state index is 0.0443. The summed E-state index contributed by atoms with van der Waals surface area (Å²) >= 11 is 0. The van der Waals surface area contributed by atoms with E-state index in [-0.39, 0.29) is 32.5 Å². The number of ether oxygens (including phenoxy) is 1. The predicted molar refractivity (Wildman–Crippen MR) is 105 cm³/mol. The van der Waals surface area contributed by atoms with Crippen molar-refractivity contribution in [1.29, 1.82) is 0 Å². The normalized spacial score (nSPS) is 19.8. The van der Waals surface area contributed by atoms with Crippen LogP contribution in [-0.4, -0.2) is 40.2 Å².